The van der Waals surface area contributed by atoms with Crippen LogP contribution in [0.25, 0.3) is 0 Å². The number of hydrogen-bond acceptors (Lipinski definition) is 3. The lowest BCUT2D eigenvalue weighted by molar-refractivity contribution is -0.137. The monoisotopic (exact) mass is 272 g/mol. The molecule has 0 bridgehead atoms. The number of nitrogens with two attached hydrogens (primary N) is 2. The van der Waals surface area contributed by atoms with Crippen LogP contribution in [0.3, 0.4) is 0 Å². The van der Waals surface area contributed by atoms with Gasteiger partial charge in [-0.3, -0.25) is 4.79 Å². The summed E-state index contributed by atoms with van der Waals surface area (Å²) >= 11 is 3.28. The van der Waals surface area contributed by atoms with Crippen molar-refractivity contribution >= 4 is 27.6 Å². The number of nitrogen functional groups attached to an aromatic ring is 1. The molecule has 0 aliphatic heterocycles. The first-order valence-corrected chi connectivity index (χ1v) is 5.32. The molecule has 1 aromatic carbocycles. The Hall–Kier alpha value is -1.07. The molecule has 0 aliphatic rings. The van der Waals surface area contributed by atoms with Crippen molar-refractivity contribution in [3.8, 4) is 0 Å². The fourth-order valence-corrected chi connectivity index (χ4v) is 1.49. The van der Waals surface area contributed by atoms with Crippen molar-refractivity contribution in [2.45, 2.75) is 18.9 Å². The molecule has 1 unspecified atom stereocenters. The number of hydrogen-bond donors (Lipinski definition) is 3. The van der Waals surface area contributed by atoms with Crippen molar-refractivity contribution in [3.63, 3.8) is 0 Å². The van der Waals surface area contributed by atoms with E-state index in [4.69, 9.17) is 16.6 Å². The third-order valence-electron chi connectivity index (χ3n) is 2.12. The molecule has 0 saturated heterocycles. The number of carboxylic acid groups (broad SMARTS) is 1. The Labute approximate surface area is 96.4 Å². The summed E-state index contributed by atoms with van der Waals surface area (Å²) in [4.78, 5) is 10.4. The fourth-order valence-electron chi connectivity index (χ4n) is 1.24. The van der Waals surface area contributed by atoms with Crippen LogP contribution in [0.2, 0.25) is 0 Å². The number of anilines is 1. The zero-order valence-corrected chi connectivity index (χ0v) is 9.70. The Balaban J connectivity index is 2.69. The molecule has 0 saturated carbocycles. The van der Waals surface area contributed by atoms with Gasteiger partial charge < -0.3 is 16.6 Å². The van der Waals surface area contributed by atoms with Crippen LogP contribution >= 0.6 is 15.9 Å². The smallest absolute Gasteiger partial charge is 0.303 e. The first-order chi connectivity index (χ1) is 7.00. The maximum absolute atomic E-state index is 10.4. The molecular formula is C10H13BrN2O2. The number of aliphatic carboxylic acids is 1. The highest BCUT2D eigenvalue weighted by molar-refractivity contribution is 9.10. The minimum absolute atomic E-state index is 0.0666. The molecular weight excluding hydrogens is 260 g/mol. The Morgan fingerprint density at radius 3 is 2.73 bits per heavy atom. The molecule has 1 atom stereocenters. The van der Waals surface area contributed by atoms with Gasteiger partial charge in [0.1, 0.15) is 0 Å². The summed E-state index contributed by atoms with van der Waals surface area (Å²) in [6, 6.07) is 5.13. The third kappa shape index (κ3) is 3.53. The van der Waals surface area contributed by atoms with Gasteiger partial charge >= 0.3 is 5.97 Å². The van der Waals surface area contributed by atoms with Crippen molar-refractivity contribution in [3.05, 3.63) is 28.2 Å². The minimum Gasteiger partial charge on any atom is -0.481 e. The van der Waals surface area contributed by atoms with E-state index >= 15 is 0 Å². The lowest BCUT2D eigenvalue weighted by Gasteiger charge is -2.11. The number of benzene rings is 1. The van der Waals surface area contributed by atoms with Gasteiger partial charge in [0, 0.05) is 22.6 Å². The van der Waals surface area contributed by atoms with Gasteiger partial charge in [0.05, 0.1) is 0 Å². The van der Waals surface area contributed by atoms with E-state index in [0.29, 0.717) is 12.1 Å². The molecule has 5 N–H and O–H groups in total. The zero-order valence-electron chi connectivity index (χ0n) is 8.11. The summed E-state index contributed by atoms with van der Waals surface area (Å²) in [5, 5.41) is 8.52. The largest absolute Gasteiger partial charge is 0.481 e. The first kappa shape index (κ1) is 12.0. The van der Waals surface area contributed by atoms with Crippen molar-refractivity contribution in [1.29, 1.82) is 0 Å². The van der Waals surface area contributed by atoms with Crippen LogP contribution < -0.4 is 11.5 Å². The topological polar surface area (TPSA) is 89.3 Å². The van der Waals surface area contributed by atoms with Gasteiger partial charge in [0.15, 0.2) is 0 Å². The summed E-state index contributed by atoms with van der Waals surface area (Å²) < 4.78 is 0.816. The number of carbonyl (C=O) groups is 1. The Morgan fingerprint density at radius 1 is 1.53 bits per heavy atom. The third-order valence-corrected chi connectivity index (χ3v) is 2.84. The molecule has 1 aromatic rings. The van der Waals surface area contributed by atoms with Gasteiger partial charge in [-0.25, -0.2) is 0 Å². The lowest BCUT2D eigenvalue weighted by Crippen LogP contribution is -2.12. The molecule has 82 valence electrons. The van der Waals surface area contributed by atoms with E-state index in [9.17, 15) is 4.79 Å². The highest BCUT2D eigenvalue weighted by Crippen LogP contribution is 2.24. The van der Waals surface area contributed by atoms with E-state index < -0.39 is 5.97 Å². The van der Waals surface area contributed by atoms with Crippen LogP contribution in [-0.4, -0.2) is 11.1 Å². The normalized spacial score (nSPS) is 12.4. The lowest BCUT2D eigenvalue weighted by atomic mass is 10.0. The molecule has 5 heteroatoms. The Bertz CT molecular complexity index is 368. The molecule has 0 amide bonds. The van der Waals surface area contributed by atoms with Crippen molar-refractivity contribution in [2.75, 3.05) is 5.73 Å². The van der Waals surface area contributed by atoms with Crippen LogP contribution in [-0.2, 0) is 4.79 Å². The molecule has 15 heavy (non-hydrogen) atoms. The van der Waals surface area contributed by atoms with Gasteiger partial charge in [-0.2, -0.15) is 0 Å². The highest BCUT2D eigenvalue weighted by Gasteiger charge is 2.09. The predicted octanol–water partition coefficient (Wildman–Crippen LogP) is 1.90. The second-order valence-corrected chi connectivity index (χ2v) is 4.17. The molecule has 0 fully saturated rings. The van der Waals surface area contributed by atoms with Crippen LogP contribution in [0.5, 0.6) is 0 Å². The summed E-state index contributed by atoms with van der Waals surface area (Å²) in [5.74, 6) is -0.837. The number of rotatable bonds is 4. The zero-order chi connectivity index (χ0) is 11.4. The van der Waals surface area contributed by atoms with Gasteiger partial charge in [-0.05, 0) is 40.0 Å². The first-order valence-electron chi connectivity index (χ1n) is 4.53. The maximum atomic E-state index is 10.4. The van der Waals surface area contributed by atoms with Crippen LogP contribution in [0.15, 0.2) is 22.7 Å². The second kappa shape index (κ2) is 5.14. The SMILES string of the molecule is Nc1cc(C(N)CCC(=O)O)ccc1Br. The molecule has 4 nitrogen and oxygen atoms in total. The van der Waals surface area contributed by atoms with E-state index in [0.717, 1.165) is 10.0 Å². The van der Waals surface area contributed by atoms with Crippen LogP contribution in [0.1, 0.15) is 24.4 Å². The van der Waals surface area contributed by atoms with Crippen molar-refractivity contribution in [1.82, 2.24) is 0 Å². The van der Waals surface area contributed by atoms with E-state index in [-0.39, 0.29) is 12.5 Å². The Morgan fingerprint density at radius 2 is 2.20 bits per heavy atom. The van der Waals surface area contributed by atoms with E-state index in [1.165, 1.54) is 0 Å². The maximum Gasteiger partial charge on any atom is 0.303 e. The molecule has 0 radical (unpaired) electrons. The highest BCUT2D eigenvalue weighted by atomic mass is 79.9. The van der Waals surface area contributed by atoms with Gasteiger partial charge in [-0.1, -0.05) is 6.07 Å². The summed E-state index contributed by atoms with van der Waals surface area (Å²) in [5.41, 5.74) is 13.0. The average molecular weight is 273 g/mol. The second-order valence-electron chi connectivity index (χ2n) is 3.32. The van der Waals surface area contributed by atoms with Crippen molar-refractivity contribution in [2.24, 2.45) is 5.73 Å². The van der Waals surface area contributed by atoms with E-state index in [1.54, 1.807) is 6.07 Å². The molecule has 0 aromatic heterocycles. The Kier molecular flexibility index (Phi) is 4.11. The summed E-state index contributed by atoms with van der Waals surface area (Å²) in [6.45, 7) is 0. The summed E-state index contributed by atoms with van der Waals surface area (Å²) in [6.07, 6.45) is 0.480. The fraction of sp³-hybridized carbons (Fsp3) is 0.300. The average Bonchev–Trinajstić information content (AvgIpc) is 2.18. The van der Waals surface area contributed by atoms with Gasteiger partial charge in [0.2, 0.25) is 0 Å². The van der Waals surface area contributed by atoms with E-state index in [2.05, 4.69) is 15.9 Å². The molecule has 1 rings (SSSR count). The predicted molar refractivity (Wildman–Crippen MR) is 62.4 cm³/mol. The van der Waals surface area contributed by atoms with Crippen LogP contribution in [0, 0.1) is 0 Å². The molecule has 0 aliphatic carbocycles. The number of halogens is 1. The van der Waals surface area contributed by atoms with Crippen molar-refractivity contribution < 1.29 is 9.90 Å². The molecule has 0 heterocycles. The quantitative estimate of drug-likeness (QED) is 0.731. The molecule has 0 spiro atoms. The van der Waals surface area contributed by atoms with E-state index in [1.807, 2.05) is 12.1 Å². The number of carboxylic acids is 1. The summed E-state index contributed by atoms with van der Waals surface area (Å²) in [7, 11) is 0. The standard InChI is InChI=1S/C10H13BrN2O2/c11-7-2-1-6(5-9(7)13)8(12)3-4-10(14)15/h1-2,5,8H,3-4,12-13H2,(H,14,15). The van der Waals surface area contributed by atoms with Gasteiger partial charge in [0.25, 0.3) is 0 Å². The minimum atomic E-state index is -0.837. The van der Waals surface area contributed by atoms with Gasteiger partial charge in [-0.15, -0.1) is 0 Å². The van der Waals surface area contributed by atoms with Crippen LogP contribution in [0.4, 0.5) is 5.69 Å².